The summed E-state index contributed by atoms with van der Waals surface area (Å²) in [6.07, 6.45) is 0. The monoisotopic (exact) mass is 399 g/mol. The Balaban J connectivity index is 1.95. The number of methoxy groups -OCH3 is 1. The van der Waals surface area contributed by atoms with Crippen molar-refractivity contribution in [1.29, 1.82) is 0 Å². The number of halogens is 1. The summed E-state index contributed by atoms with van der Waals surface area (Å²) in [6.45, 7) is 0. The maximum Gasteiger partial charge on any atom is 0.355 e. The SMILES string of the molecule is COC(=O)C1=NNC2C(=O)N(c3ccc(I)cc3)C(=O)C12. The van der Waals surface area contributed by atoms with Gasteiger partial charge in [-0.15, -0.1) is 0 Å². The molecule has 2 aliphatic rings. The number of hydrogen-bond acceptors (Lipinski definition) is 6. The summed E-state index contributed by atoms with van der Waals surface area (Å²) >= 11 is 2.13. The van der Waals surface area contributed by atoms with Crippen LogP contribution in [0.3, 0.4) is 0 Å². The van der Waals surface area contributed by atoms with Gasteiger partial charge in [0, 0.05) is 3.57 Å². The molecule has 2 atom stereocenters. The zero-order chi connectivity index (χ0) is 15.1. The van der Waals surface area contributed by atoms with Gasteiger partial charge >= 0.3 is 5.97 Å². The maximum atomic E-state index is 12.5. The van der Waals surface area contributed by atoms with E-state index < -0.39 is 29.7 Å². The minimum Gasteiger partial charge on any atom is -0.464 e. The molecular formula is C13H10IN3O4. The average Bonchev–Trinajstić information content (AvgIpc) is 3.01. The van der Waals surface area contributed by atoms with Crippen molar-refractivity contribution in [3.05, 3.63) is 27.8 Å². The third-order valence-corrected chi connectivity index (χ3v) is 4.12. The lowest BCUT2D eigenvalue weighted by atomic mass is 9.99. The van der Waals surface area contributed by atoms with Gasteiger partial charge in [0.15, 0.2) is 5.71 Å². The number of benzene rings is 1. The third-order valence-electron chi connectivity index (χ3n) is 3.40. The lowest BCUT2D eigenvalue weighted by Gasteiger charge is -2.15. The molecule has 8 heteroatoms. The van der Waals surface area contributed by atoms with Crippen molar-refractivity contribution in [3.8, 4) is 0 Å². The van der Waals surface area contributed by atoms with E-state index in [0.29, 0.717) is 5.69 Å². The molecule has 1 aromatic carbocycles. The molecule has 7 nitrogen and oxygen atoms in total. The Kier molecular flexibility index (Phi) is 3.40. The minimum absolute atomic E-state index is 0.0612. The zero-order valence-corrected chi connectivity index (χ0v) is 13.0. The van der Waals surface area contributed by atoms with Crippen molar-refractivity contribution in [2.45, 2.75) is 6.04 Å². The largest absolute Gasteiger partial charge is 0.464 e. The number of esters is 1. The smallest absolute Gasteiger partial charge is 0.355 e. The Morgan fingerprint density at radius 1 is 1.29 bits per heavy atom. The number of ether oxygens (including phenoxy) is 1. The average molecular weight is 399 g/mol. The second kappa shape index (κ2) is 5.10. The summed E-state index contributed by atoms with van der Waals surface area (Å²) in [4.78, 5) is 37.5. The van der Waals surface area contributed by atoms with E-state index in [4.69, 9.17) is 0 Å². The van der Waals surface area contributed by atoms with E-state index in [-0.39, 0.29) is 5.71 Å². The minimum atomic E-state index is -0.927. The molecule has 2 amide bonds. The maximum absolute atomic E-state index is 12.5. The van der Waals surface area contributed by atoms with Crippen LogP contribution in [-0.2, 0) is 19.1 Å². The number of fused-ring (bicyclic) bond motifs is 1. The van der Waals surface area contributed by atoms with Gasteiger partial charge in [0.1, 0.15) is 12.0 Å². The van der Waals surface area contributed by atoms with E-state index in [9.17, 15) is 14.4 Å². The van der Waals surface area contributed by atoms with E-state index in [1.807, 2.05) is 0 Å². The molecule has 1 fully saturated rings. The van der Waals surface area contributed by atoms with Crippen molar-refractivity contribution in [2.24, 2.45) is 11.0 Å². The second-order valence-electron chi connectivity index (χ2n) is 4.56. The zero-order valence-electron chi connectivity index (χ0n) is 10.9. The number of amides is 2. The van der Waals surface area contributed by atoms with E-state index in [1.54, 1.807) is 24.3 Å². The van der Waals surface area contributed by atoms with Crippen LogP contribution in [0.2, 0.25) is 0 Å². The Morgan fingerprint density at radius 2 is 1.95 bits per heavy atom. The first-order valence-electron chi connectivity index (χ1n) is 6.09. The molecule has 108 valence electrons. The molecule has 0 bridgehead atoms. The Morgan fingerprint density at radius 3 is 2.57 bits per heavy atom. The highest BCUT2D eigenvalue weighted by Crippen LogP contribution is 2.30. The van der Waals surface area contributed by atoms with Gasteiger partial charge in [-0.05, 0) is 46.9 Å². The van der Waals surface area contributed by atoms with Crippen LogP contribution in [0.4, 0.5) is 5.69 Å². The fraction of sp³-hybridized carbons (Fsp3) is 0.231. The molecule has 0 saturated carbocycles. The highest BCUT2D eigenvalue weighted by atomic mass is 127. The number of carbonyl (C=O) groups is 3. The summed E-state index contributed by atoms with van der Waals surface area (Å²) in [6, 6.07) is 6.13. The van der Waals surface area contributed by atoms with Gasteiger partial charge in [-0.2, -0.15) is 5.10 Å². The van der Waals surface area contributed by atoms with Crippen molar-refractivity contribution in [1.82, 2.24) is 5.43 Å². The van der Waals surface area contributed by atoms with E-state index in [1.165, 1.54) is 7.11 Å². The molecule has 0 radical (unpaired) electrons. The first-order chi connectivity index (χ1) is 10.0. The standard InChI is InChI=1S/C13H10IN3O4/c1-21-13(20)10-8-9(15-16-10)12(19)17(11(8)18)7-4-2-6(14)3-5-7/h2-5,8-9,15H,1H3. The van der Waals surface area contributed by atoms with Gasteiger partial charge in [0.25, 0.3) is 5.91 Å². The number of rotatable bonds is 2. The van der Waals surface area contributed by atoms with Crippen molar-refractivity contribution in [3.63, 3.8) is 0 Å². The van der Waals surface area contributed by atoms with Gasteiger partial charge in [-0.25, -0.2) is 9.69 Å². The number of anilines is 1. The van der Waals surface area contributed by atoms with Crippen molar-refractivity contribution in [2.75, 3.05) is 12.0 Å². The van der Waals surface area contributed by atoms with Crippen LogP contribution < -0.4 is 10.3 Å². The van der Waals surface area contributed by atoms with E-state index in [2.05, 4.69) is 37.9 Å². The number of hydrogen-bond donors (Lipinski definition) is 1. The van der Waals surface area contributed by atoms with Gasteiger partial charge in [-0.3, -0.25) is 15.0 Å². The molecule has 0 aromatic heterocycles. The summed E-state index contributed by atoms with van der Waals surface area (Å²) in [7, 11) is 1.20. The summed E-state index contributed by atoms with van der Waals surface area (Å²) in [5, 5.41) is 3.76. The van der Waals surface area contributed by atoms with Gasteiger partial charge in [-0.1, -0.05) is 0 Å². The Bertz CT molecular complexity index is 670. The fourth-order valence-electron chi connectivity index (χ4n) is 2.41. The second-order valence-corrected chi connectivity index (χ2v) is 5.81. The molecule has 2 heterocycles. The molecule has 0 aliphatic carbocycles. The molecule has 0 spiro atoms. The molecule has 2 aliphatic heterocycles. The summed E-state index contributed by atoms with van der Waals surface area (Å²) in [5.74, 6) is -2.53. The fourth-order valence-corrected chi connectivity index (χ4v) is 2.77. The molecule has 3 rings (SSSR count). The number of hydrazone groups is 1. The van der Waals surface area contributed by atoms with Gasteiger partial charge in [0.2, 0.25) is 5.91 Å². The number of imide groups is 1. The molecule has 2 unspecified atom stereocenters. The van der Waals surface area contributed by atoms with Crippen LogP contribution in [-0.4, -0.2) is 36.6 Å². The van der Waals surface area contributed by atoms with Crippen molar-refractivity contribution < 1.29 is 19.1 Å². The molecule has 1 aromatic rings. The number of carbonyl (C=O) groups excluding carboxylic acids is 3. The van der Waals surface area contributed by atoms with Crippen molar-refractivity contribution >= 4 is 51.8 Å². The Hall–Kier alpha value is -1.97. The first-order valence-corrected chi connectivity index (χ1v) is 7.17. The normalized spacial score (nSPS) is 23.7. The van der Waals surface area contributed by atoms with Crippen LogP contribution in [0.1, 0.15) is 0 Å². The lowest BCUT2D eigenvalue weighted by molar-refractivity contribution is -0.133. The number of nitrogens with zero attached hydrogens (tertiary/aromatic N) is 2. The summed E-state index contributed by atoms with van der Waals surface area (Å²) in [5.41, 5.74) is 2.97. The topological polar surface area (TPSA) is 88.1 Å². The predicted octanol–water partition coefficient (Wildman–Crippen LogP) is 0.281. The quantitative estimate of drug-likeness (QED) is 0.439. The molecule has 21 heavy (non-hydrogen) atoms. The lowest BCUT2D eigenvalue weighted by Crippen LogP contribution is -2.36. The highest BCUT2D eigenvalue weighted by molar-refractivity contribution is 14.1. The molecule has 1 N–H and O–H groups in total. The van der Waals surface area contributed by atoms with Crippen LogP contribution in [0, 0.1) is 9.49 Å². The van der Waals surface area contributed by atoms with Crippen LogP contribution in [0.15, 0.2) is 29.4 Å². The van der Waals surface area contributed by atoms with Crippen LogP contribution in [0.5, 0.6) is 0 Å². The first kappa shape index (κ1) is 14.0. The van der Waals surface area contributed by atoms with Gasteiger partial charge < -0.3 is 4.74 Å². The third kappa shape index (κ3) is 2.09. The summed E-state index contributed by atoms with van der Waals surface area (Å²) < 4.78 is 5.58. The van der Waals surface area contributed by atoms with Gasteiger partial charge in [0.05, 0.1) is 12.8 Å². The van der Waals surface area contributed by atoms with E-state index >= 15 is 0 Å². The van der Waals surface area contributed by atoms with E-state index in [0.717, 1.165) is 8.47 Å². The predicted molar refractivity (Wildman–Crippen MR) is 81.5 cm³/mol. The van der Waals surface area contributed by atoms with Crippen LogP contribution >= 0.6 is 22.6 Å². The number of nitrogens with one attached hydrogen (secondary N) is 1. The molecule has 1 saturated heterocycles. The highest BCUT2D eigenvalue weighted by Gasteiger charge is 2.55. The molecular weight excluding hydrogens is 389 g/mol. The van der Waals surface area contributed by atoms with Crippen LogP contribution in [0.25, 0.3) is 0 Å². The Labute approximate surface area is 133 Å².